The molecule has 0 atom stereocenters. The molecule has 11 heteroatoms. The van der Waals surface area contributed by atoms with Gasteiger partial charge in [0.15, 0.2) is 0 Å². The highest BCUT2D eigenvalue weighted by molar-refractivity contribution is 8.06. The molecule has 0 amide bonds. The number of hydrogen-bond acceptors (Lipinski definition) is 2. The van der Waals surface area contributed by atoms with E-state index in [1.165, 1.54) is 0 Å². The zero-order valence-electron chi connectivity index (χ0n) is 12.0. The summed E-state index contributed by atoms with van der Waals surface area (Å²) in [7, 11) is -0.139. The highest BCUT2D eigenvalue weighted by atomic mass is 32.5. The second kappa shape index (κ2) is 20.6. The Labute approximate surface area is 122 Å². The first-order valence-electron chi connectivity index (χ1n) is 5.30. The molecule has 0 saturated heterocycles. The lowest BCUT2D eigenvalue weighted by Gasteiger charge is -1.88. The Morgan fingerprint density at radius 2 is 0.611 bits per heavy atom. The average molecular weight is 362 g/mol. The minimum absolute atomic E-state index is 0.139. The molecule has 0 bridgehead atoms. The number of hydrogen-bond donors (Lipinski definition) is 6. The van der Waals surface area contributed by atoms with Gasteiger partial charge in [-0.15, -0.1) is 0 Å². The molecule has 0 aliphatic carbocycles. The van der Waals surface area contributed by atoms with Crippen LogP contribution < -0.4 is 0 Å². The van der Waals surface area contributed by atoms with Crippen molar-refractivity contribution in [1.82, 2.24) is 0 Å². The van der Waals surface area contributed by atoms with E-state index in [9.17, 15) is 0 Å². The smallest absolute Gasteiger partial charge is 0.319 e. The molecule has 6 nitrogen and oxygen atoms in total. The fourth-order valence-electron chi connectivity index (χ4n) is 0. The molecular formula is C7H28O6P2S2Si. The molecule has 118 valence electrons. The lowest BCUT2D eigenvalue weighted by molar-refractivity contribution is 0.361. The van der Waals surface area contributed by atoms with Gasteiger partial charge >= 0.3 is 13.4 Å². The van der Waals surface area contributed by atoms with Crippen molar-refractivity contribution in [3.05, 3.63) is 0 Å². The van der Waals surface area contributed by atoms with Gasteiger partial charge in [-0.25, -0.2) is 0 Å². The van der Waals surface area contributed by atoms with E-state index in [4.69, 9.17) is 29.4 Å². The van der Waals surface area contributed by atoms with Crippen LogP contribution in [-0.4, -0.2) is 38.2 Å². The molecule has 0 aliphatic heterocycles. The first-order valence-corrected chi connectivity index (χ1v) is 14.1. The standard InChI is InChI=1S/C3H10Si.2C2H6.2H3O3PS/c1-4(2)3;2*1-2;2*1-4(2,3)5/h4H,1-3H3;2*1-2H3;2*(H3,1,2,3,5). The molecule has 0 unspecified atom stereocenters. The molecule has 0 aromatic rings. The van der Waals surface area contributed by atoms with Crippen LogP contribution >= 0.6 is 13.4 Å². The van der Waals surface area contributed by atoms with E-state index < -0.39 is 13.4 Å². The Hall–Kier alpha value is 1.28. The van der Waals surface area contributed by atoms with Gasteiger partial charge in [-0.3, -0.25) is 0 Å². The van der Waals surface area contributed by atoms with Crippen molar-refractivity contribution in [2.75, 3.05) is 0 Å². The lowest BCUT2D eigenvalue weighted by atomic mass is 11.0. The van der Waals surface area contributed by atoms with Crippen molar-refractivity contribution < 1.29 is 29.4 Å². The van der Waals surface area contributed by atoms with Gasteiger partial charge in [0.2, 0.25) is 0 Å². The monoisotopic (exact) mass is 362 g/mol. The predicted molar refractivity (Wildman–Crippen MR) is 89.3 cm³/mol. The van der Waals surface area contributed by atoms with Crippen molar-refractivity contribution in [3.63, 3.8) is 0 Å². The Kier molecular flexibility index (Phi) is 36.1. The molecule has 0 heterocycles. The van der Waals surface area contributed by atoms with Gasteiger partial charge in [-0.1, -0.05) is 47.3 Å². The molecule has 0 aliphatic rings. The maximum Gasteiger partial charge on any atom is 0.319 e. The lowest BCUT2D eigenvalue weighted by Crippen LogP contribution is -1.84. The molecule has 6 N–H and O–H groups in total. The van der Waals surface area contributed by atoms with E-state index in [0.29, 0.717) is 0 Å². The van der Waals surface area contributed by atoms with E-state index in [1.807, 2.05) is 27.7 Å². The van der Waals surface area contributed by atoms with Gasteiger partial charge in [0, 0.05) is 8.80 Å². The summed E-state index contributed by atoms with van der Waals surface area (Å²) in [6.07, 6.45) is 0. The SMILES string of the molecule is CC.CC.C[SiH](C)C.OP(O)(O)=S.OP(O)(O)=S. The van der Waals surface area contributed by atoms with E-state index >= 15 is 0 Å². The van der Waals surface area contributed by atoms with Gasteiger partial charge in [0.1, 0.15) is 0 Å². The Bertz CT molecular complexity index is 179. The highest BCUT2D eigenvalue weighted by Gasteiger charge is 1.92. The summed E-state index contributed by atoms with van der Waals surface area (Å²) in [6.45, 7) is 7.31. The van der Waals surface area contributed by atoms with E-state index in [2.05, 4.69) is 43.3 Å². The van der Waals surface area contributed by atoms with Crippen molar-refractivity contribution in [2.24, 2.45) is 0 Å². The average Bonchev–Trinajstić information content (AvgIpc) is 2.03. The van der Waals surface area contributed by atoms with E-state index in [0.717, 1.165) is 0 Å². The normalized spacial score (nSPS) is 9.22. The molecule has 0 rings (SSSR count). The first kappa shape index (κ1) is 31.6. The summed E-state index contributed by atoms with van der Waals surface area (Å²) < 4.78 is 0. The molecule has 0 saturated carbocycles. The zero-order valence-corrected chi connectivity index (χ0v) is 16.5. The minimum Gasteiger partial charge on any atom is -0.325 e. The van der Waals surface area contributed by atoms with Crippen LogP contribution in [0.25, 0.3) is 0 Å². The summed E-state index contributed by atoms with van der Waals surface area (Å²) >= 11 is 7.21. The second-order valence-electron chi connectivity index (χ2n) is 2.76. The van der Waals surface area contributed by atoms with Crippen molar-refractivity contribution >= 4 is 45.8 Å². The van der Waals surface area contributed by atoms with Gasteiger partial charge in [-0.05, 0) is 23.6 Å². The second-order valence-corrected chi connectivity index (χ2v) is 11.2. The van der Waals surface area contributed by atoms with Crippen molar-refractivity contribution in [3.8, 4) is 0 Å². The highest BCUT2D eigenvalue weighted by Crippen LogP contribution is 2.26. The molecule has 0 fully saturated rings. The third-order valence-corrected chi connectivity index (χ3v) is 0. The largest absolute Gasteiger partial charge is 0.325 e. The van der Waals surface area contributed by atoms with Crippen LogP contribution in [0.15, 0.2) is 0 Å². The Morgan fingerprint density at radius 1 is 0.611 bits per heavy atom. The third kappa shape index (κ3) is 2810. The molecule has 18 heavy (non-hydrogen) atoms. The molecule has 0 aromatic heterocycles. The molecular weight excluding hydrogens is 334 g/mol. The van der Waals surface area contributed by atoms with E-state index in [-0.39, 0.29) is 8.80 Å². The zero-order chi connectivity index (χ0) is 16.6. The maximum atomic E-state index is 7.56. The van der Waals surface area contributed by atoms with Crippen molar-refractivity contribution in [1.29, 1.82) is 0 Å². The first-order chi connectivity index (χ1) is 7.73. The fraction of sp³-hybridized carbons (Fsp3) is 1.00. The summed E-state index contributed by atoms with van der Waals surface area (Å²) in [6, 6.07) is 0. The summed E-state index contributed by atoms with van der Waals surface area (Å²) in [4.78, 5) is 45.3. The Morgan fingerprint density at radius 3 is 0.611 bits per heavy atom. The van der Waals surface area contributed by atoms with Gasteiger partial charge in [0.05, 0.1) is 0 Å². The summed E-state index contributed by atoms with van der Waals surface area (Å²) in [5, 5.41) is 0. The summed E-state index contributed by atoms with van der Waals surface area (Å²) in [5.74, 6) is 0. The fourth-order valence-corrected chi connectivity index (χ4v) is 0. The topological polar surface area (TPSA) is 121 Å². The van der Waals surface area contributed by atoms with Crippen LogP contribution in [0.1, 0.15) is 27.7 Å². The molecule has 0 radical (unpaired) electrons. The van der Waals surface area contributed by atoms with Crippen LogP contribution in [0.2, 0.25) is 19.6 Å². The van der Waals surface area contributed by atoms with Gasteiger partial charge in [0.25, 0.3) is 0 Å². The van der Waals surface area contributed by atoms with E-state index in [1.54, 1.807) is 0 Å². The van der Waals surface area contributed by atoms with Crippen LogP contribution in [0.3, 0.4) is 0 Å². The van der Waals surface area contributed by atoms with Crippen LogP contribution in [-0.2, 0) is 23.6 Å². The molecule has 0 spiro atoms. The maximum absolute atomic E-state index is 7.56. The predicted octanol–water partition coefficient (Wildman–Crippen LogP) is 1.53. The van der Waals surface area contributed by atoms with Gasteiger partial charge in [-0.2, -0.15) is 0 Å². The van der Waals surface area contributed by atoms with Crippen LogP contribution in [0.5, 0.6) is 0 Å². The summed E-state index contributed by atoms with van der Waals surface area (Å²) in [5.41, 5.74) is 0. The minimum atomic E-state index is -3.81. The van der Waals surface area contributed by atoms with Crippen LogP contribution in [0.4, 0.5) is 0 Å². The van der Waals surface area contributed by atoms with Crippen LogP contribution in [0, 0.1) is 0 Å². The third-order valence-electron chi connectivity index (χ3n) is 0. The number of rotatable bonds is 0. The molecule has 0 aromatic carbocycles. The van der Waals surface area contributed by atoms with Gasteiger partial charge < -0.3 is 29.4 Å². The Balaban J connectivity index is -0.0000000414. The van der Waals surface area contributed by atoms with Crippen molar-refractivity contribution in [2.45, 2.75) is 47.3 Å². The quantitative estimate of drug-likeness (QED) is 0.283.